The van der Waals surface area contributed by atoms with Gasteiger partial charge in [-0.15, -0.1) is 0 Å². The molecule has 0 aliphatic carbocycles. The SMILES string of the molecule is CCC(C)NC(=O)c1cc(C#N)ccn1. The lowest BCUT2D eigenvalue weighted by Gasteiger charge is -2.10. The fraction of sp³-hybridized carbons (Fsp3) is 0.364. The smallest absolute Gasteiger partial charge is 0.270 e. The van der Waals surface area contributed by atoms with Crippen molar-refractivity contribution in [3.63, 3.8) is 0 Å². The summed E-state index contributed by atoms with van der Waals surface area (Å²) in [6.45, 7) is 3.91. The molecule has 1 atom stereocenters. The fourth-order valence-electron chi connectivity index (χ4n) is 1.02. The molecule has 4 heteroatoms. The molecule has 0 bridgehead atoms. The molecule has 78 valence electrons. The summed E-state index contributed by atoms with van der Waals surface area (Å²) in [5, 5.41) is 11.4. The quantitative estimate of drug-likeness (QED) is 0.809. The summed E-state index contributed by atoms with van der Waals surface area (Å²) in [6, 6.07) is 5.14. The van der Waals surface area contributed by atoms with Crippen LogP contribution in [0, 0.1) is 11.3 Å². The highest BCUT2D eigenvalue weighted by molar-refractivity contribution is 5.92. The molecule has 4 nitrogen and oxygen atoms in total. The predicted molar refractivity (Wildman–Crippen MR) is 56.2 cm³/mol. The van der Waals surface area contributed by atoms with Crippen LogP contribution < -0.4 is 5.32 Å². The molecule has 0 aliphatic rings. The molecule has 15 heavy (non-hydrogen) atoms. The minimum absolute atomic E-state index is 0.116. The van der Waals surface area contributed by atoms with Crippen LogP contribution in [0.2, 0.25) is 0 Å². The Bertz CT molecular complexity index is 395. The Balaban J connectivity index is 2.78. The van der Waals surface area contributed by atoms with Gasteiger partial charge in [0.1, 0.15) is 5.69 Å². The van der Waals surface area contributed by atoms with E-state index in [9.17, 15) is 4.79 Å². The molecular formula is C11H13N3O. The van der Waals surface area contributed by atoms with Crippen molar-refractivity contribution in [2.45, 2.75) is 26.3 Å². The Hall–Kier alpha value is -1.89. The van der Waals surface area contributed by atoms with Crippen LogP contribution >= 0.6 is 0 Å². The molecular weight excluding hydrogens is 190 g/mol. The summed E-state index contributed by atoms with van der Waals surface area (Å²) < 4.78 is 0. The van der Waals surface area contributed by atoms with Crippen LogP contribution in [-0.2, 0) is 0 Å². The second-order valence-corrected chi connectivity index (χ2v) is 3.32. The normalized spacial score (nSPS) is 11.5. The molecule has 0 saturated carbocycles. The maximum Gasteiger partial charge on any atom is 0.270 e. The second-order valence-electron chi connectivity index (χ2n) is 3.32. The molecule has 1 rings (SSSR count). The third-order valence-corrected chi connectivity index (χ3v) is 2.11. The number of carbonyl (C=O) groups is 1. The first-order valence-electron chi connectivity index (χ1n) is 4.84. The van der Waals surface area contributed by atoms with Gasteiger partial charge < -0.3 is 5.32 Å². The summed E-state index contributed by atoms with van der Waals surface area (Å²) in [6.07, 6.45) is 2.33. The van der Waals surface area contributed by atoms with E-state index in [4.69, 9.17) is 5.26 Å². The number of aromatic nitrogens is 1. The number of nitrogens with one attached hydrogen (secondary N) is 1. The van der Waals surface area contributed by atoms with Gasteiger partial charge in [0.15, 0.2) is 0 Å². The summed E-state index contributed by atoms with van der Waals surface area (Å²) in [4.78, 5) is 15.5. The van der Waals surface area contributed by atoms with Crippen molar-refractivity contribution >= 4 is 5.91 Å². The average molecular weight is 203 g/mol. The summed E-state index contributed by atoms with van der Waals surface area (Å²) in [7, 11) is 0. The van der Waals surface area contributed by atoms with Crippen LogP contribution in [-0.4, -0.2) is 16.9 Å². The molecule has 1 unspecified atom stereocenters. The van der Waals surface area contributed by atoms with E-state index in [0.717, 1.165) is 6.42 Å². The van der Waals surface area contributed by atoms with E-state index in [2.05, 4.69) is 10.3 Å². The molecule has 0 saturated heterocycles. The van der Waals surface area contributed by atoms with Crippen molar-refractivity contribution in [3.05, 3.63) is 29.6 Å². The number of hydrogen-bond donors (Lipinski definition) is 1. The van der Waals surface area contributed by atoms with Crippen LogP contribution in [0.5, 0.6) is 0 Å². The number of pyridine rings is 1. The highest BCUT2D eigenvalue weighted by Crippen LogP contribution is 2.01. The van der Waals surface area contributed by atoms with Gasteiger partial charge in [0.25, 0.3) is 5.91 Å². The molecule has 1 amide bonds. The lowest BCUT2D eigenvalue weighted by Crippen LogP contribution is -2.32. The van der Waals surface area contributed by atoms with Gasteiger partial charge in [0.2, 0.25) is 0 Å². The predicted octanol–water partition coefficient (Wildman–Crippen LogP) is 1.48. The lowest BCUT2D eigenvalue weighted by molar-refractivity contribution is 0.0934. The summed E-state index contributed by atoms with van der Waals surface area (Å²) in [5.41, 5.74) is 0.730. The van der Waals surface area contributed by atoms with Crippen LogP contribution in [0.3, 0.4) is 0 Å². The van der Waals surface area contributed by atoms with E-state index >= 15 is 0 Å². The van der Waals surface area contributed by atoms with Gasteiger partial charge in [-0.05, 0) is 25.5 Å². The van der Waals surface area contributed by atoms with Crippen molar-refractivity contribution in [1.82, 2.24) is 10.3 Å². The van der Waals surface area contributed by atoms with Gasteiger partial charge in [-0.1, -0.05) is 6.92 Å². The zero-order valence-corrected chi connectivity index (χ0v) is 8.82. The van der Waals surface area contributed by atoms with E-state index in [1.807, 2.05) is 19.9 Å². The highest BCUT2D eigenvalue weighted by atomic mass is 16.1. The maximum atomic E-state index is 11.6. The first-order chi connectivity index (χ1) is 7.17. The Morgan fingerprint density at radius 3 is 3.07 bits per heavy atom. The van der Waals surface area contributed by atoms with Gasteiger partial charge >= 0.3 is 0 Å². The van der Waals surface area contributed by atoms with Crippen molar-refractivity contribution in [1.29, 1.82) is 5.26 Å². The summed E-state index contributed by atoms with van der Waals surface area (Å²) in [5.74, 6) is -0.235. The maximum absolute atomic E-state index is 11.6. The summed E-state index contributed by atoms with van der Waals surface area (Å²) >= 11 is 0. The number of rotatable bonds is 3. The van der Waals surface area contributed by atoms with Gasteiger partial charge in [-0.2, -0.15) is 5.26 Å². The van der Waals surface area contributed by atoms with Gasteiger partial charge in [-0.25, -0.2) is 0 Å². The minimum Gasteiger partial charge on any atom is -0.348 e. The third kappa shape index (κ3) is 3.06. The van der Waals surface area contributed by atoms with E-state index in [1.165, 1.54) is 12.3 Å². The number of carbonyl (C=O) groups excluding carboxylic acids is 1. The van der Waals surface area contributed by atoms with E-state index < -0.39 is 0 Å². The molecule has 0 aliphatic heterocycles. The minimum atomic E-state index is -0.235. The zero-order chi connectivity index (χ0) is 11.3. The molecule has 1 N–H and O–H groups in total. The van der Waals surface area contributed by atoms with Crippen LogP contribution in [0.1, 0.15) is 36.3 Å². The first kappa shape index (κ1) is 11.2. The Kier molecular flexibility index (Phi) is 3.81. The molecule has 0 aromatic carbocycles. The average Bonchev–Trinajstić information content (AvgIpc) is 2.28. The van der Waals surface area contributed by atoms with Crippen molar-refractivity contribution < 1.29 is 4.79 Å². The molecule has 0 spiro atoms. The topological polar surface area (TPSA) is 65.8 Å². The monoisotopic (exact) mass is 203 g/mol. The first-order valence-corrected chi connectivity index (χ1v) is 4.84. The van der Waals surface area contributed by atoms with Crippen LogP contribution in [0.15, 0.2) is 18.3 Å². The zero-order valence-electron chi connectivity index (χ0n) is 8.82. The highest BCUT2D eigenvalue weighted by Gasteiger charge is 2.09. The Morgan fingerprint density at radius 1 is 1.73 bits per heavy atom. The Labute approximate surface area is 88.9 Å². The second kappa shape index (κ2) is 5.11. The number of hydrogen-bond acceptors (Lipinski definition) is 3. The van der Waals surface area contributed by atoms with Crippen molar-refractivity contribution in [2.24, 2.45) is 0 Å². The number of nitrogens with zero attached hydrogens (tertiary/aromatic N) is 2. The molecule has 0 radical (unpaired) electrons. The van der Waals surface area contributed by atoms with Crippen molar-refractivity contribution in [2.75, 3.05) is 0 Å². The molecule has 1 aromatic heterocycles. The van der Waals surface area contributed by atoms with Gasteiger partial charge in [0, 0.05) is 12.2 Å². The van der Waals surface area contributed by atoms with Crippen LogP contribution in [0.25, 0.3) is 0 Å². The molecule has 1 heterocycles. The van der Waals surface area contributed by atoms with Crippen molar-refractivity contribution in [3.8, 4) is 6.07 Å². The third-order valence-electron chi connectivity index (χ3n) is 2.11. The fourth-order valence-corrected chi connectivity index (χ4v) is 1.02. The number of nitriles is 1. The lowest BCUT2D eigenvalue weighted by atomic mass is 10.2. The molecule has 1 aromatic rings. The Morgan fingerprint density at radius 2 is 2.47 bits per heavy atom. The van der Waals surface area contributed by atoms with E-state index in [1.54, 1.807) is 6.07 Å². The van der Waals surface area contributed by atoms with E-state index in [0.29, 0.717) is 5.56 Å². The molecule has 0 fully saturated rings. The van der Waals surface area contributed by atoms with Gasteiger partial charge in [0.05, 0.1) is 11.6 Å². The van der Waals surface area contributed by atoms with Crippen LogP contribution in [0.4, 0.5) is 0 Å². The largest absolute Gasteiger partial charge is 0.348 e. The number of amides is 1. The van der Waals surface area contributed by atoms with Gasteiger partial charge in [-0.3, -0.25) is 9.78 Å². The van der Waals surface area contributed by atoms with E-state index in [-0.39, 0.29) is 17.6 Å². The standard InChI is InChI=1S/C11H13N3O/c1-3-8(2)14-11(15)10-6-9(7-12)4-5-13-10/h4-6,8H,3H2,1-2H3,(H,14,15).